The molecule has 1 atom stereocenters. The number of rotatable bonds is 5. The molecule has 0 unspecified atom stereocenters. The van der Waals surface area contributed by atoms with Crippen molar-refractivity contribution >= 4 is 21.8 Å². The SMILES string of the molecule is C[C@H](c1ccc(-n2cncn2)cc1)N(C)C(=O)Cc1ccc(Br)cc1. The van der Waals surface area contributed by atoms with Crippen LogP contribution in [0.2, 0.25) is 0 Å². The predicted octanol–water partition coefficient (Wildman–Crippen LogP) is 3.79. The van der Waals surface area contributed by atoms with Crippen LogP contribution in [-0.2, 0) is 11.2 Å². The molecule has 0 saturated carbocycles. The molecule has 0 bridgehead atoms. The quantitative estimate of drug-likeness (QED) is 0.656. The monoisotopic (exact) mass is 398 g/mol. The van der Waals surface area contributed by atoms with Gasteiger partial charge in [0.2, 0.25) is 5.91 Å². The van der Waals surface area contributed by atoms with Gasteiger partial charge in [-0.3, -0.25) is 4.79 Å². The summed E-state index contributed by atoms with van der Waals surface area (Å²) in [6.07, 6.45) is 3.56. The lowest BCUT2D eigenvalue weighted by Gasteiger charge is -2.25. The Labute approximate surface area is 155 Å². The van der Waals surface area contributed by atoms with Crippen LogP contribution in [0.15, 0.2) is 65.7 Å². The van der Waals surface area contributed by atoms with Gasteiger partial charge in [0.15, 0.2) is 0 Å². The molecule has 0 aliphatic rings. The Hall–Kier alpha value is -2.47. The number of hydrogen-bond acceptors (Lipinski definition) is 3. The fraction of sp³-hybridized carbons (Fsp3) is 0.211. The smallest absolute Gasteiger partial charge is 0.227 e. The van der Waals surface area contributed by atoms with Crippen molar-refractivity contribution in [3.63, 3.8) is 0 Å². The van der Waals surface area contributed by atoms with Gasteiger partial charge in [-0.15, -0.1) is 0 Å². The molecule has 0 spiro atoms. The minimum atomic E-state index is -0.00672. The molecule has 3 rings (SSSR count). The number of amides is 1. The molecule has 5 nitrogen and oxygen atoms in total. The van der Waals surface area contributed by atoms with Crippen LogP contribution in [0.3, 0.4) is 0 Å². The summed E-state index contributed by atoms with van der Waals surface area (Å²) in [7, 11) is 1.84. The first-order valence-electron chi connectivity index (χ1n) is 7.99. The van der Waals surface area contributed by atoms with Crippen molar-refractivity contribution in [2.75, 3.05) is 7.05 Å². The van der Waals surface area contributed by atoms with Crippen LogP contribution in [-0.4, -0.2) is 32.6 Å². The normalized spacial score (nSPS) is 12.0. The second-order valence-corrected chi connectivity index (χ2v) is 6.83. The van der Waals surface area contributed by atoms with Crippen LogP contribution in [0, 0.1) is 0 Å². The topological polar surface area (TPSA) is 51.0 Å². The summed E-state index contributed by atoms with van der Waals surface area (Å²) in [5.41, 5.74) is 3.03. The van der Waals surface area contributed by atoms with Gasteiger partial charge in [-0.1, -0.05) is 40.2 Å². The van der Waals surface area contributed by atoms with Crippen molar-refractivity contribution in [3.05, 3.63) is 76.8 Å². The van der Waals surface area contributed by atoms with Crippen LogP contribution < -0.4 is 0 Å². The average Bonchev–Trinajstić information content (AvgIpc) is 3.17. The summed E-state index contributed by atoms with van der Waals surface area (Å²) in [5.74, 6) is 0.0928. The van der Waals surface area contributed by atoms with E-state index in [-0.39, 0.29) is 11.9 Å². The van der Waals surface area contributed by atoms with E-state index >= 15 is 0 Å². The molecule has 1 amide bonds. The highest BCUT2D eigenvalue weighted by molar-refractivity contribution is 9.10. The van der Waals surface area contributed by atoms with Crippen LogP contribution in [0.4, 0.5) is 0 Å². The first-order valence-corrected chi connectivity index (χ1v) is 8.79. The highest BCUT2D eigenvalue weighted by Gasteiger charge is 2.17. The highest BCUT2D eigenvalue weighted by atomic mass is 79.9. The molecule has 1 aromatic heterocycles. The third kappa shape index (κ3) is 4.14. The van der Waals surface area contributed by atoms with Crippen LogP contribution in [0.25, 0.3) is 5.69 Å². The first kappa shape index (κ1) is 17.4. The largest absolute Gasteiger partial charge is 0.339 e. The fourth-order valence-corrected chi connectivity index (χ4v) is 2.85. The summed E-state index contributed by atoms with van der Waals surface area (Å²) < 4.78 is 2.72. The number of carbonyl (C=O) groups excluding carboxylic acids is 1. The lowest BCUT2D eigenvalue weighted by molar-refractivity contribution is -0.131. The van der Waals surface area contributed by atoms with Crippen molar-refractivity contribution in [1.29, 1.82) is 0 Å². The minimum Gasteiger partial charge on any atom is -0.339 e. The van der Waals surface area contributed by atoms with E-state index in [2.05, 4.69) is 26.0 Å². The molecule has 0 aliphatic carbocycles. The molecular formula is C19H19BrN4O. The van der Waals surface area contributed by atoms with Crippen molar-refractivity contribution in [3.8, 4) is 5.69 Å². The number of likely N-dealkylation sites (N-methyl/N-ethyl adjacent to an activating group) is 1. The maximum absolute atomic E-state index is 12.6. The number of benzene rings is 2. The zero-order valence-corrected chi connectivity index (χ0v) is 15.7. The maximum atomic E-state index is 12.6. The van der Waals surface area contributed by atoms with Gasteiger partial charge >= 0.3 is 0 Å². The van der Waals surface area contributed by atoms with Crippen molar-refractivity contribution < 1.29 is 4.79 Å². The highest BCUT2D eigenvalue weighted by Crippen LogP contribution is 2.21. The molecule has 1 heterocycles. The number of aromatic nitrogens is 3. The van der Waals surface area contributed by atoms with E-state index in [1.165, 1.54) is 6.33 Å². The zero-order valence-electron chi connectivity index (χ0n) is 14.1. The minimum absolute atomic E-state index is 0.00672. The molecule has 0 fully saturated rings. The average molecular weight is 399 g/mol. The predicted molar refractivity (Wildman–Crippen MR) is 100 cm³/mol. The summed E-state index contributed by atoms with van der Waals surface area (Å²) in [5, 5.41) is 4.12. The number of nitrogens with zero attached hydrogens (tertiary/aromatic N) is 4. The molecule has 2 aromatic carbocycles. The maximum Gasteiger partial charge on any atom is 0.227 e. The second kappa shape index (κ2) is 7.61. The molecule has 128 valence electrons. The Morgan fingerprint density at radius 3 is 2.44 bits per heavy atom. The van der Waals surface area contributed by atoms with E-state index in [9.17, 15) is 4.79 Å². The molecule has 0 radical (unpaired) electrons. The van der Waals surface area contributed by atoms with Crippen molar-refractivity contribution in [2.45, 2.75) is 19.4 Å². The Morgan fingerprint density at radius 2 is 1.84 bits per heavy atom. The van der Waals surface area contributed by atoms with E-state index in [1.807, 2.05) is 62.5 Å². The molecule has 3 aromatic rings. The van der Waals surface area contributed by atoms with E-state index in [4.69, 9.17) is 0 Å². The molecule has 25 heavy (non-hydrogen) atoms. The van der Waals surface area contributed by atoms with Gasteiger partial charge in [-0.25, -0.2) is 9.67 Å². The number of hydrogen-bond donors (Lipinski definition) is 0. The van der Waals surface area contributed by atoms with E-state index in [0.29, 0.717) is 6.42 Å². The van der Waals surface area contributed by atoms with Gasteiger partial charge < -0.3 is 4.90 Å². The van der Waals surface area contributed by atoms with Gasteiger partial charge in [0.05, 0.1) is 18.2 Å². The van der Waals surface area contributed by atoms with Gasteiger partial charge in [-0.2, -0.15) is 5.10 Å². The zero-order chi connectivity index (χ0) is 17.8. The second-order valence-electron chi connectivity index (χ2n) is 5.92. The van der Waals surface area contributed by atoms with Crippen LogP contribution in [0.1, 0.15) is 24.1 Å². The van der Waals surface area contributed by atoms with E-state index < -0.39 is 0 Å². The Balaban J connectivity index is 1.67. The van der Waals surface area contributed by atoms with Crippen LogP contribution in [0.5, 0.6) is 0 Å². The Morgan fingerprint density at radius 1 is 1.16 bits per heavy atom. The van der Waals surface area contributed by atoms with Gasteiger partial charge in [0.25, 0.3) is 0 Å². The summed E-state index contributed by atoms with van der Waals surface area (Å²) in [6.45, 7) is 2.03. The van der Waals surface area contributed by atoms with E-state index in [1.54, 1.807) is 15.9 Å². The Bertz CT molecular complexity index is 829. The molecule has 0 N–H and O–H groups in total. The fourth-order valence-electron chi connectivity index (χ4n) is 2.59. The molecular weight excluding hydrogens is 380 g/mol. The lowest BCUT2D eigenvalue weighted by Crippen LogP contribution is -2.30. The first-order chi connectivity index (χ1) is 12.0. The third-order valence-electron chi connectivity index (χ3n) is 4.30. The van der Waals surface area contributed by atoms with Gasteiger partial charge in [0.1, 0.15) is 12.7 Å². The van der Waals surface area contributed by atoms with Crippen molar-refractivity contribution in [2.24, 2.45) is 0 Å². The van der Waals surface area contributed by atoms with Gasteiger partial charge in [0, 0.05) is 11.5 Å². The molecule has 6 heteroatoms. The summed E-state index contributed by atoms with van der Waals surface area (Å²) in [4.78, 5) is 18.3. The number of carbonyl (C=O) groups is 1. The van der Waals surface area contributed by atoms with Crippen LogP contribution >= 0.6 is 15.9 Å². The van der Waals surface area contributed by atoms with Gasteiger partial charge in [-0.05, 0) is 42.3 Å². The van der Waals surface area contributed by atoms with E-state index in [0.717, 1.165) is 21.3 Å². The molecule has 0 aliphatic heterocycles. The summed E-state index contributed by atoms with van der Waals surface area (Å²) >= 11 is 3.41. The third-order valence-corrected chi connectivity index (χ3v) is 4.83. The summed E-state index contributed by atoms with van der Waals surface area (Å²) in [6, 6.07) is 15.8. The number of halogens is 1. The molecule has 0 saturated heterocycles. The Kier molecular flexibility index (Phi) is 5.28. The lowest BCUT2D eigenvalue weighted by atomic mass is 10.1. The van der Waals surface area contributed by atoms with Crippen molar-refractivity contribution in [1.82, 2.24) is 19.7 Å². The standard InChI is InChI=1S/C19H19BrN4O/c1-14(16-5-9-18(10-6-16)24-13-21-12-22-24)23(2)19(25)11-15-3-7-17(20)8-4-15/h3-10,12-14H,11H2,1-2H3/t14-/m1/s1.